The molecule has 30 heavy (non-hydrogen) atoms. The van der Waals surface area contributed by atoms with Crippen LogP contribution in [0.2, 0.25) is 0 Å². The van der Waals surface area contributed by atoms with Crippen LogP contribution in [0.25, 0.3) is 11.4 Å². The second-order valence-electron chi connectivity index (χ2n) is 9.16. The highest BCUT2D eigenvalue weighted by Crippen LogP contribution is 2.23. The normalized spacial score (nSPS) is 19.6. The van der Waals surface area contributed by atoms with Gasteiger partial charge in [0.25, 0.3) is 0 Å². The van der Waals surface area contributed by atoms with Crippen LogP contribution in [0.5, 0.6) is 0 Å². The van der Waals surface area contributed by atoms with Crippen LogP contribution < -0.4 is 0 Å². The molecule has 4 rings (SSSR count). The van der Waals surface area contributed by atoms with Gasteiger partial charge in [0.1, 0.15) is 0 Å². The maximum Gasteiger partial charge on any atom is 0.241 e. The van der Waals surface area contributed by atoms with E-state index in [1.54, 1.807) is 0 Å². The minimum Gasteiger partial charge on any atom is -0.338 e. The Morgan fingerprint density at radius 2 is 1.77 bits per heavy atom. The summed E-state index contributed by atoms with van der Waals surface area (Å²) in [6.07, 6.45) is 8.96. The molecule has 6 heteroatoms. The van der Waals surface area contributed by atoms with Gasteiger partial charge >= 0.3 is 0 Å². The first kappa shape index (κ1) is 21.5. The molecule has 2 aromatic rings. The molecule has 0 bridgehead atoms. The van der Waals surface area contributed by atoms with Gasteiger partial charge in [0, 0.05) is 37.8 Å². The van der Waals surface area contributed by atoms with E-state index in [1.165, 1.54) is 76.8 Å². The van der Waals surface area contributed by atoms with Crippen LogP contribution in [0.1, 0.15) is 50.0 Å². The van der Waals surface area contributed by atoms with Crippen molar-refractivity contribution in [1.29, 1.82) is 0 Å². The summed E-state index contributed by atoms with van der Waals surface area (Å²) in [4.78, 5) is 12.0. The predicted molar refractivity (Wildman–Crippen MR) is 120 cm³/mol. The monoisotopic (exact) mass is 411 g/mol. The van der Waals surface area contributed by atoms with Crippen molar-refractivity contribution in [2.75, 3.05) is 46.8 Å². The van der Waals surface area contributed by atoms with Gasteiger partial charge in [0.2, 0.25) is 11.7 Å². The van der Waals surface area contributed by atoms with Gasteiger partial charge in [0.05, 0.1) is 6.54 Å². The van der Waals surface area contributed by atoms with Gasteiger partial charge in [-0.25, -0.2) is 0 Å². The van der Waals surface area contributed by atoms with Gasteiger partial charge in [-0.2, -0.15) is 4.98 Å². The molecule has 1 aromatic heterocycles. The molecular formula is C24H37N5O. The zero-order valence-corrected chi connectivity index (χ0v) is 18.7. The average molecular weight is 412 g/mol. The van der Waals surface area contributed by atoms with E-state index in [0.717, 1.165) is 18.5 Å². The molecule has 1 aromatic carbocycles. The molecule has 0 spiro atoms. The molecule has 0 amide bonds. The van der Waals surface area contributed by atoms with Crippen molar-refractivity contribution >= 4 is 0 Å². The third kappa shape index (κ3) is 5.90. The van der Waals surface area contributed by atoms with Crippen LogP contribution >= 0.6 is 0 Å². The van der Waals surface area contributed by atoms with E-state index in [4.69, 9.17) is 4.52 Å². The summed E-state index contributed by atoms with van der Waals surface area (Å²) in [7, 11) is 4.39. The Balaban J connectivity index is 1.24. The van der Waals surface area contributed by atoms with Crippen LogP contribution in [-0.4, -0.2) is 77.7 Å². The lowest BCUT2D eigenvalue weighted by Gasteiger charge is -2.32. The van der Waals surface area contributed by atoms with Crippen LogP contribution in [0.3, 0.4) is 0 Å². The summed E-state index contributed by atoms with van der Waals surface area (Å²) >= 11 is 0. The lowest BCUT2D eigenvalue weighted by atomic mass is 9.94. The Kier molecular flexibility index (Phi) is 7.52. The quantitative estimate of drug-likeness (QED) is 0.660. The van der Waals surface area contributed by atoms with Gasteiger partial charge in [-0.15, -0.1) is 0 Å². The molecule has 2 heterocycles. The second-order valence-corrected chi connectivity index (χ2v) is 9.16. The van der Waals surface area contributed by atoms with Gasteiger partial charge in [0.15, 0.2) is 0 Å². The Bertz CT molecular complexity index is 760. The van der Waals surface area contributed by atoms with E-state index in [-0.39, 0.29) is 0 Å². The fourth-order valence-corrected chi connectivity index (χ4v) is 4.70. The minimum absolute atomic E-state index is 0.652. The van der Waals surface area contributed by atoms with Crippen LogP contribution in [-0.2, 0) is 13.0 Å². The smallest absolute Gasteiger partial charge is 0.241 e. The Morgan fingerprint density at radius 1 is 1.03 bits per heavy atom. The zero-order valence-electron chi connectivity index (χ0n) is 18.7. The minimum atomic E-state index is 0.652. The Morgan fingerprint density at radius 3 is 2.50 bits per heavy atom. The Labute approximate surface area is 181 Å². The second kappa shape index (κ2) is 10.5. The summed E-state index contributed by atoms with van der Waals surface area (Å²) in [6, 6.07) is 9.33. The average Bonchev–Trinajstić information content (AvgIpc) is 3.25. The van der Waals surface area contributed by atoms with Crippen molar-refractivity contribution < 1.29 is 4.52 Å². The van der Waals surface area contributed by atoms with E-state index >= 15 is 0 Å². The van der Waals surface area contributed by atoms with E-state index in [0.29, 0.717) is 17.8 Å². The van der Waals surface area contributed by atoms with Crippen molar-refractivity contribution in [2.45, 2.75) is 57.5 Å². The van der Waals surface area contributed by atoms with Crippen LogP contribution in [0, 0.1) is 0 Å². The zero-order chi connectivity index (χ0) is 20.8. The number of hydrogen-bond donors (Lipinski definition) is 0. The SMILES string of the molecule is CN1CCN(CCCc2ccc(-c3noc(CN(C)C4CCCCC4)n3)cc2)CC1. The van der Waals surface area contributed by atoms with E-state index in [9.17, 15) is 0 Å². The fraction of sp³-hybridized carbons (Fsp3) is 0.667. The first-order valence-electron chi connectivity index (χ1n) is 11.7. The molecule has 1 saturated heterocycles. The van der Waals surface area contributed by atoms with E-state index in [2.05, 4.69) is 63.2 Å². The number of hydrogen-bond acceptors (Lipinski definition) is 6. The highest BCUT2D eigenvalue weighted by molar-refractivity contribution is 5.54. The lowest BCUT2D eigenvalue weighted by Crippen LogP contribution is -2.44. The molecule has 2 aliphatic rings. The molecule has 0 atom stereocenters. The van der Waals surface area contributed by atoms with Crippen LogP contribution in [0.15, 0.2) is 28.8 Å². The largest absolute Gasteiger partial charge is 0.338 e. The fourth-order valence-electron chi connectivity index (χ4n) is 4.70. The maximum absolute atomic E-state index is 5.54. The number of rotatable bonds is 8. The summed E-state index contributed by atoms with van der Waals surface area (Å²) < 4.78 is 5.54. The van der Waals surface area contributed by atoms with E-state index in [1.807, 2.05) is 0 Å². The number of likely N-dealkylation sites (N-methyl/N-ethyl adjacent to an activating group) is 1. The molecule has 0 unspecified atom stereocenters. The number of piperazine rings is 1. The van der Waals surface area contributed by atoms with Crippen LogP contribution in [0.4, 0.5) is 0 Å². The number of aromatic nitrogens is 2. The number of aryl methyl sites for hydroxylation is 1. The summed E-state index contributed by atoms with van der Waals surface area (Å²) in [6.45, 7) is 6.72. The first-order valence-corrected chi connectivity index (χ1v) is 11.7. The van der Waals surface area contributed by atoms with Crippen molar-refractivity contribution in [3.8, 4) is 11.4 Å². The molecule has 1 aliphatic carbocycles. The van der Waals surface area contributed by atoms with Crippen molar-refractivity contribution in [3.63, 3.8) is 0 Å². The Hall–Kier alpha value is -1.76. The molecule has 0 radical (unpaired) electrons. The standard InChI is InChI=1S/C24H37N5O/c1-27-15-17-29(18-16-27)14-6-7-20-10-12-21(13-11-20)24-25-23(30-26-24)19-28(2)22-8-4-3-5-9-22/h10-13,22H,3-9,14-19H2,1-2H3. The maximum atomic E-state index is 5.54. The molecule has 6 nitrogen and oxygen atoms in total. The van der Waals surface area contributed by atoms with Gasteiger partial charge in [-0.05, 0) is 51.9 Å². The molecule has 0 N–H and O–H groups in total. The molecular weight excluding hydrogens is 374 g/mol. The molecule has 1 aliphatic heterocycles. The van der Waals surface area contributed by atoms with E-state index < -0.39 is 0 Å². The first-order chi connectivity index (χ1) is 14.7. The lowest BCUT2D eigenvalue weighted by molar-refractivity contribution is 0.153. The molecule has 1 saturated carbocycles. The molecule has 164 valence electrons. The molecule has 2 fully saturated rings. The summed E-state index contributed by atoms with van der Waals surface area (Å²) in [5, 5.41) is 4.22. The third-order valence-corrected chi connectivity index (χ3v) is 6.80. The summed E-state index contributed by atoms with van der Waals surface area (Å²) in [5.41, 5.74) is 2.42. The van der Waals surface area contributed by atoms with Gasteiger partial charge in [-0.3, -0.25) is 4.90 Å². The number of benzene rings is 1. The highest BCUT2D eigenvalue weighted by atomic mass is 16.5. The van der Waals surface area contributed by atoms with Crippen molar-refractivity contribution in [2.24, 2.45) is 0 Å². The highest BCUT2D eigenvalue weighted by Gasteiger charge is 2.20. The van der Waals surface area contributed by atoms with Gasteiger partial charge < -0.3 is 14.3 Å². The third-order valence-electron chi connectivity index (χ3n) is 6.80. The van der Waals surface area contributed by atoms with Crippen molar-refractivity contribution in [3.05, 3.63) is 35.7 Å². The summed E-state index contributed by atoms with van der Waals surface area (Å²) in [5.74, 6) is 1.42. The van der Waals surface area contributed by atoms with Crippen molar-refractivity contribution in [1.82, 2.24) is 24.8 Å². The number of nitrogens with zero attached hydrogens (tertiary/aromatic N) is 5. The predicted octanol–water partition coefficient (Wildman–Crippen LogP) is 3.68. The topological polar surface area (TPSA) is 48.6 Å². The van der Waals surface area contributed by atoms with Gasteiger partial charge in [-0.1, -0.05) is 48.7 Å².